The van der Waals surface area contributed by atoms with Gasteiger partial charge in [0.1, 0.15) is 0 Å². The molecule has 2 aliphatic heterocycles. The van der Waals surface area contributed by atoms with Crippen LogP contribution in [0.1, 0.15) is 70.6 Å². The van der Waals surface area contributed by atoms with Crippen LogP contribution in [0.4, 0.5) is 0 Å². The van der Waals surface area contributed by atoms with Gasteiger partial charge in [-0.2, -0.15) is 0 Å². The molecular weight excluding hydrogens is 348 g/mol. The van der Waals surface area contributed by atoms with Crippen molar-refractivity contribution in [2.45, 2.75) is 45.6 Å². The first-order chi connectivity index (χ1) is 12.8. The number of carboxylic acid groups (broad SMARTS) is 1. The van der Waals surface area contributed by atoms with Gasteiger partial charge in [0.25, 0.3) is 17.7 Å². The number of rotatable bonds is 5. The quantitative estimate of drug-likeness (QED) is 0.801. The lowest BCUT2D eigenvalue weighted by Gasteiger charge is -2.36. The Morgan fingerprint density at radius 2 is 1.85 bits per heavy atom. The summed E-state index contributed by atoms with van der Waals surface area (Å²) in [6.45, 7) is 4.40. The fraction of sp³-hybridized carbons (Fsp3) is 0.500. The van der Waals surface area contributed by atoms with Crippen molar-refractivity contribution in [1.29, 1.82) is 0 Å². The van der Waals surface area contributed by atoms with Crippen molar-refractivity contribution < 1.29 is 24.3 Å². The van der Waals surface area contributed by atoms with Gasteiger partial charge in [-0.15, -0.1) is 0 Å². The molecule has 2 unspecified atom stereocenters. The van der Waals surface area contributed by atoms with Crippen molar-refractivity contribution in [2.24, 2.45) is 5.92 Å². The third-order valence-corrected chi connectivity index (χ3v) is 5.45. The minimum absolute atomic E-state index is 0.0697. The highest BCUT2D eigenvalue weighted by Crippen LogP contribution is 2.27. The van der Waals surface area contributed by atoms with E-state index in [9.17, 15) is 24.3 Å². The number of likely N-dealkylation sites (tertiary alicyclic amines) is 1. The number of carbonyl (C=O) groups is 4. The number of hydrogen-bond donors (Lipinski definition) is 1. The predicted octanol–water partition coefficient (Wildman–Crippen LogP) is 2.41. The second kappa shape index (κ2) is 7.50. The van der Waals surface area contributed by atoms with Gasteiger partial charge >= 0.3 is 5.97 Å². The second-order valence-electron chi connectivity index (χ2n) is 7.29. The van der Waals surface area contributed by atoms with Gasteiger partial charge in [-0.25, -0.2) is 0 Å². The summed E-state index contributed by atoms with van der Waals surface area (Å²) in [5.74, 6) is -2.47. The van der Waals surface area contributed by atoms with Crippen molar-refractivity contribution in [3.05, 3.63) is 34.9 Å². The summed E-state index contributed by atoms with van der Waals surface area (Å²) < 4.78 is 0. The van der Waals surface area contributed by atoms with Crippen LogP contribution in [-0.2, 0) is 4.79 Å². The molecule has 0 bridgehead atoms. The van der Waals surface area contributed by atoms with Gasteiger partial charge < -0.3 is 10.0 Å². The Labute approximate surface area is 157 Å². The number of piperidine rings is 1. The first-order valence-electron chi connectivity index (χ1n) is 9.39. The number of carbonyl (C=O) groups excluding carboxylic acids is 3. The topological polar surface area (TPSA) is 95.0 Å². The number of aliphatic carboxylic acids is 1. The number of hydrogen-bond acceptors (Lipinski definition) is 4. The normalized spacial score (nSPS) is 22.1. The Bertz CT molecular complexity index is 804. The molecular formula is C20H24N2O5. The van der Waals surface area contributed by atoms with E-state index in [1.54, 1.807) is 11.0 Å². The summed E-state index contributed by atoms with van der Waals surface area (Å²) in [4.78, 5) is 52.0. The van der Waals surface area contributed by atoms with E-state index in [4.69, 9.17) is 0 Å². The third kappa shape index (κ3) is 3.46. The van der Waals surface area contributed by atoms with E-state index < -0.39 is 11.9 Å². The summed E-state index contributed by atoms with van der Waals surface area (Å²) in [7, 11) is 0. The zero-order valence-electron chi connectivity index (χ0n) is 15.6. The average molecular weight is 372 g/mol. The zero-order valence-corrected chi connectivity index (χ0v) is 15.6. The van der Waals surface area contributed by atoms with E-state index in [0.29, 0.717) is 30.5 Å². The van der Waals surface area contributed by atoms with Crippen molar-refractivity contribution in [3.8, 4) is 0 Å². The molecule has 1 aromatic carbocycles. The molecule has 0 aromatic heterocycles. The lowest BCUT2D eigenvalue weighted by Crippen LogP contribution is -2.47. The maximum Gasteiger partial charge on any atom is 0.308 e. The van der Waals surface area contributed by atoms with E-state index in [1.807, 2.05) is 13.8 Å². The highest BCUT2D eigenvalue weighted by Gasteiger charge is 2.37. The molecule has 0 aliphatic carbocycles. The number of unbranched alkanes of at least 4 members (excludes halogenated alkanes) is 1. The molecule has 7 heteroatoms. The lowest BCUT2D eigenvalue weighted by atomic mass is 9.92. The Hall–Kier alpha value is -2.70. The minimum Gasteiger partial charge on any atom is -0.481 e. The molecule has 3 rings (SSSR count). The van der Waals surface area contributed by atoms with E-state index in [2.05, 4.69) is 0 Å². The fourth-order valence-electron chi connectivity index (χ4n) is 3.70. The maximum atomic E-state index is 12.9. The van der Waals surface area contributed by atoms with E-state index in [1.165, 1.54) is 17.0 Å². The van der Waals surface area contributed by atoms with E-state index in [-0.39, 0.29) is 35.9 Å². The predicted molar refractivity (Wildman–Crippen MR) is 97.6 cm³/mol. The molecule has 27 heavy (non-hydrogen) atoms. The van der Waals surface area contributed by atoms with Crippen molar-refractivity contribution in [2.75, 3.05) is 13.1 Å². The van der Waals surface area contributed by atoms with Crippen molar-refractivity contribution in [1.82, 2.24) is 9.80 Å². The molecule has 2 heterocycles. The standard InChI is InChI=1S/C20H24N2O5/c1-3-4-9-21-18(24)15-8-7-13(10-16(15)19(21)25)17(23)22-11-14(20(26)27)6-5-12(22)2/h7-8,10,12,14H,3-6,9,11H2,1-2H3,(H,26,27). The number of nitrogens with zero attached hydrogens (tertiary/aromatic N) is 2. The Morgan fingerprint density at radius 1 is 1.15 bits per heavy atom. The molecule has 1 aromatic rings. The van der Waals surface area contributed by atoms with Gasteiger partial charge in [0.15, 0.2) is 0 Å². The Kier molecular flexibility index (Phi) is 5.30. The van der Waals surface area contributed by atoms with Gasteiger partial charge in [0, 0.05) is 24.7 Å². The van der Waals surface area contributed by atoms with Crippen LogP contribution < -0.4 is 0 Å². The SMILES string of the molecule is CCCCN1C(=O)c2ccc(C(=O)N3CC(C(=O)O)CCC3C)cc2C1=O. The van der Waals surface area contributed by atoms with Gasteiger partial charge in [-0.3, -0.25) is 24.1 Å². The highest BCUT2D eigenvalue weighted by molar-refractivity contribution is 6.22. The summed E-state index contributed by atoms with van der Waals surface area (Å²) >= 11 is 0. The first kappa shape index (κ1) is 19.1. The molecule has 3 amide bonds. The molecule has 0 spiro atoms. The van der Waals surface area contributed by atoms with Gasteiger partial charge in [-0.05, 0) is 44.4 Å². The van der Waals surface area contributed by atoms with Crippen LogP contribution in [0.2, 0.25) is 0 Å². The van der Waals surface area contributed by atoms with Gasteiger partial charge in [-0.1, -0.05) is 13.3 Å². The second-order valence-corrected chi connectivity index (χ2v) is 7.29. The van der Waals surface area contributed by atoms with Crippen molar-refractivity contribution >= 4 is 23.7 Å². The molecule has 1 saturated heterocycles. The monoisotopic (exact) mass is 372 g/mol. The van der Waals surface area contributed by atoms with Gasteiger partial charge in [0.05, 0.1) is 17.0 Å². The van der Waals surface area contributed by atoms with Crippen LogP contribution >= 0.6 is 0 Å². The zero-order chi connectivity index (χ0) is 19.7. The molecule has 0 saturated carbocycles. The molecule has 2 atom stereocenters. The molecule has 144 valence electrons. The molecule has 0 radical (unpaired) electrons. The Morgan fingerprint density at radius 3 is 2.52 bits per heavy atom. The summed E-state index contributed by atoms with van der Waals surface area (Å²) in [5.41, 5.74) is 0.884. The summed E-state index contributed by atoms with van der Waals surface area (Å²) in [6, 6.07) is 4.48. The smallest absolute Gasteiger partial charge is 0.308 e. The molecule has 1 fully saturated rings. The average Bonchev–Trinajstić information content (AvgIpc) is 2.89. The number of benzene rings is 1. The summed E-state index contributed by atoms with van der Waals surface area (Å²) in [6.07, 6.45) is 2.77. The van der Waals surface area contributed by atoms with Crippen LogP contribution in [0.3, 0.4) is 0 Å². The lowest BCUT2D eigenvalue weighted by molar-refractivity contribution is -0.143. The molecule has 1 N–H and O–H groups in total. The van der Waals surface area contributed by atoms with Crippen LogP contribution in [0.5, 0.6) is 0 Å². The van der Waals surface area contributed by atoms with Crippen LogP contribution in [0.15, 0.2) is 18.2 Å². The van der Waals surface area contributed by atoms with Gasteiger partial charge in [0.2, 0.25) is 0 Å². The number of carboxylic acids is 1. The Balaban J connectivity index is 1.84. The van der Waals surface area contributed by atoms with E-state index in [0.717, 1.165) is 12.8 Å². The minimum atomic E-state index is -0.902. The summed E-state index contributed by atoms with van der Waals surface area (Å²) in [5, 5.41) is 9.26. The molecule has 2 aliphatic rings. The van der Waals surface area contributed by atoms with Crippen molar-refractivity contribution in [3.63, 3.8) is 0 Å². The third-order valence-electron chi connectivity index (χ3n) is 5.45. The number of imide groups is 1. The fourth-order valence-corrected chi connectivity index (χ4v) is 3.70. The van der Waals surface area contributed by atoms with Crippen LogP contribution in [0, 0.1) is 5.92 Å². The van der Waals surface area contributed by atoms with E-state index >= 15 is 0 Å². The van der Waals surface area contributed by atoms with Crippen LogP contribution in [-0.4, -0.2) is 57.7 Å². The number of amides is 3. The van der Waals surface area contributed by atoms with Crippen LogP contribution in [0.25, 0.3) is 0 Å². The molecule has 7 nitrogen and oxygen atoms in total. The number of fused-ring (bicyclic) bond motifs is 1. The highest BCUT2D eigenvalue weighted by atomic mass is 16.4. The first-order valence-corrected chi connectivity index (χ1v) is 9.39. The largest absolute Gasteiger partial charge is 0.481 e. The maximum absolute atomic E-state index is 12.9.